The van der Waals surface area contributed by atoms with Crippen LogP contribution < -0.4 is 5.32 Å². The van der Waals surface area contributed by atoms with Crippen LogP contribution in [0.15, 0.2) is 18.6 Å². The molecule has 0 aromatic carbocycles. The van der Waals surface area contributed by atoms with Crippen molar-refractivity contribution in [3.05, 3.63) is 28.5 Å². The van der Waals surface area contributed by atoms with E-state index in [1.54, 1.807) is 11.3 Å². The molecule has 2 aromatic heterocycles. The topological polar surface area (TPSA) is 42.7 Å². The number of imidazole rings is 1. The van der Waals surface area contributed by atoms with Crippen molar-refractivity contribution in [3.63, 3.8) is 0 Å². The number of aryl methyl sites for hydroxylation is 1. The van der Waals surface area contributed by atoms with Gasteiger partial charge in [-0.1, -0.05) is 19.3 Å². The van der Waals surface area contributed by atoms with Gasteiger partial charge in [-0.15, -0.1) is 11.3 Å². The summed E-state index contributed by atoms with van der Waals surface area (Å²) in [6.07, 6.45) is 12.5. The molecule has 2 heterocycles. The fourth-order valence-corrected chi connectivity index (χ4v) is 3.68. The van der Waals surface area contributed by atoms with E-state index in [9.17, 15) is 0 Å². The lowest BCUT2D eigenvalue weighted by Gasteiger charge is -2.25. The zero-order valence-electron chi connectivity index (χ0n) is 12.2. The van der Waals surface area contributed by atoms with Gasteiger partial charge in [-0.3, -0.25) is 0 Å². The normalized spacial score (nSPS) is 18.1. The fraction of sp³-hybridized carbons (Fsp3) is 0.600. The molecule has 4 nitrogen and oxygen atoms in total. The molecule has 0 aliphatic heterocycles. The number of thiazole rings is 1. The third kappa shape index (κ3) is 2.87. The largest absolute Gasteiger partial charge is 0.347 e. The van der Waals surface area contributed by atoms with Crippen LogP contribution in [-0.2, 0) is 0 Å². The zero-order chi connectivity index (χ0) is 13.9. The summed E-state index contributed by atoms with van der Waals surface area (Å²) in [6.45, 7) is 4.25. The predicted octanol–water partition coefficient (Wildman–Crippen LogP) is 4.33. The van der Waals surface area contributed by atoms with Gasteiger partial charge >= 0.3 is 0 Å². The summed E-state index contributed by atoms with van der Waals surface area (Å²) in [7, 11) is 0. The molecule has 5 heteroatoms. The van der Waals surface area contributed by atoms with E-state index in [1.807, 2.05) is 12.4 Å². The number of nitrogens with zero attached hydrogens (tertiary/aromatic N) is 3. The highest BCUT2D eigenvalue weighted by Crippen LogP contribution is 2.31. The van der Waals surface area contributed by atoms with Gasteiger partial charge in [0.25, 0.3) is 0 Å². The molecule has 108 valence electrons. The summed E-state index contributed by atoms with van der Waals surface area (Å²) in [6, 6.07) is 0.817. The highest BCUT2D eigenvalue weighted by molar-refractivity contribution is 7.11. The number of hydrogen-bond donors (Lipinski definition) is 1. The van der Waals surface area contributed by atoms with Crippen molar-refractivity contribution in [2.24, 2.45) is 0 Å². The van der Waals surface area contributed by atoms with Gasteiger partial charge in [0.2, 0.25) is 5.95 Å². The summed E-state index contributed by atoms with van der Waals surface area (Å²) in [5.74, 6) is 0.984. The minimum atomic E-state index is 0.207. The first-order valence-corrected chi connectivity index (χ1v) is 8.27. The Labute approximate surface area is 124 Å². The van der Waals surface area contributed by atoms with Crippen LogP contribution in [0.3, 0.4) is 0 Å². The Morgan fingerprint density at radius 2 is 2.10 bits per heavy atom. The third-order valence-electron chi connectivity index (χ3n) is 3.99. The summed E-state index contributed by atoms with van der Waals surface area (Å²) in [5, 5.41) is 4.64. The lowest BCUT2D eigenvalue weighted by Crippen LogP contribution is -2.17. The van der Waals surface area contributed by atoms with Crippen LogP contribution in [0.2, 0.25) is 0 Å². The summed E-state index contributed by atoms with van der Waals surface area (Å²) < 4.78 is 2.32. The van der Waals surface area contributed by atoms with Crippen molar-refractivity contribution in [3.8, 4) is 0 Å². The van der Waals surface area contributed by atoms with Gasteiger partial charge in [0.1, 0.15) is 5.01 Å². The predicted molar refractivity (Wildman–Crippen MR) is 83.2 cm³/mol. The average molecular weight is 290 g/mol. The molecule has 1 fully saturated rings. The Bertz CT molecular complexity index is 554. The van der Waals surface area contributed by atoms with Crippen LogP contribution in [0.5, 0.6) is 0 Å². The van der Waals surface area contributed by atoms with E-state index >= 15 is 0 Å². The van der Waals surface area contributed by atoms with E-state index in [0.717, 1.165) is 11.0 Å². The molecule has 0 amide bonds. The smallest absolute Gasteiger partial charge is 0.203 e. The van der Waals surface area contributed by atoms with E-state index < -0.39 is 0 Å². The maximum Gasteiger partial charge on any atom is 0.203 e. The second-order valence-electron chi connectivity index (χ2n) is 5.63. The average Bonchev–Trinajstić information content (AvgIpc) is 3.09. The summed E-state index contributed by atoms with van der Waals surface area (Å²) in [5.41, 5.74) is 0. The van der Waals surface area contributed by atoms with Gasteiger partial charge < -0.3 is 9.88 Å². The molecular formula is C15H22N4S. The first kappa shape index (κ1) is 13.6. The van der Waals surface area contributed by atoms with Crippen molar-refractivity contribution in [2.45, 2.75) is 58.0 Å². The molecule has 20 heavy (non-hydrogen) atoms. The van der Waals surface area contributed by atoms with Gasteiger partial charge in [-0.05, 0) is 26.7 Å². The SMILES string of the molecule is Cc1cnc(C(C)Nc2nccn2C2CCCCC2)s1. The van der Waals surface area contributed by atoms with Crippen molar-refractivity contribution in [2.75, 3.05) is 5.32 Å². The molecule has 2 aromatic rings. The number of anilines is 1. The Hall–Kier alpha value is -1.36. The maximum absolute atomic E-state index is 4.49. The van der Waals surface area contributed by atoms with Crippen molar-refractivity contribution in [1.82, 2.24) is 14.5 Å². The van der Waals surface area contributed by atoms with Gasteiger partial charge in [0.05, 0.1) is 6.04 Å². The standard InChI is InChI=1S/C15H22N4S/c1-11-10-17-14(20-11)12(2)18-15-16-8-9-19(15)13-6-4-3-5-7-13/h8-10,12-13H,3-7H2,1-2H3,(H,16,18). The Balaban J connectivity index is 1.72. The summed E-state index contributed by atoms with van der Waals surface area (Å²) in [4.78, 5) is 10.2. The Morgan fingerprint density at radius 1 is 1.30 bits per heavy atom. The van der Waals surface area contributed by atoms with E-state index in [1.165, 1.54) is 37.0 Å². The molecule has 3 rings (SSSR count). The van der Waals surface area contributed by atoms with Crippen LogP contribution in [0, 0.1) is 6.92 Å². The van der Waals surface area contributed by atoms with Crippen LogP contribution in [0.25, 0.3) is 0 Å². The van der Waals surface area contributed by atoms with Gasteiger partial charge in [0, 0.05) is 29.5 Å². The minimum Gasteiger partial charge on any atom is -0.347 e. The zero-order valence-corrected chi connectivity index (χ0v) is 13.0. The Kier molecular flexibility index (Phi) is 4.05. The van der Waals surface area contributed by atoms with Gasteiger partial charge in [0.15, 0.2) is 0 Å². The molecule has 1 atom stereocenters. The van der Waals surface area contributed by atoms with E-state index in [-0.39, 0.29) is 6.04 Å². The van der Waals surface area contributed by atoms with Crippen LogP contribution >= 0.6 is 11.3 Å². The van der Waals surface area contributed by atoms with Crippen molar-refractivity contribution >= 4 is 17.3 Å². The molecular weight excluding hydrogens is 268 g/mol. The minimum absolute atomic E-state index is 0.207. The van der Waals surface area contributed by atoms with E-state index in [4.69, 9.17) is 0 Å². The molecule has 1 aliphatic carbocycles. The van der Waals surface area contributed by atoms with E-state index in [0.29, 0.717) is 6.04 Å². The number of aromatic nitrogens is 3. The van der Waals surface area contributed by atoms with E-state index in [2.05, 4.69) is 39.9 Å². The lowest BCUT2D eigenvalue weighted by molar-refractivity contribution is 0.355. The summed E-state index contributed by atoms with van der Waals surface area (Å²) >= 11 is 1.75. The molecule has 1 saturated carbocycles. The molecule has 1 N–H and O–H groups in total. The second-order valence-corrected chi connectivity index (χ2v) is 6.89. The fourth-order valence-electron chi connectivity index (χ4n) is 2.91. The molecule has 1 unspecified atom stereocenters. The molecule has 0 saturated heterocycles. The molecule has 0 radical (unpaired) electrons. The highest BCUT2D eigenvalue weighted by atomic mass is 32.1. The maximum atomic E-state index is 4.49. The number of rotatable bonds is 4. The number of hydrogen-bond acceptors (Lipinski definition) is 4. The molecule has 0 bridgehead atoms. The van der Waals surface area contributed by atoms with Crippen LogP contribution in [0.4, 0.5) is 5.95 Å². The Morgan fingerprint density at radius 3 is 2.80 bits per heavy atom. The van der Waals surface area contributed by atoms with Crippen LogP contribution in [-0.4, -0.2) is 14.5 Å². The highest BCUT2D eigenvalue weighted by Gasteiger charge is 2.19. The lowest BCUT2D eigenvalue weighted by atomic mass is 9.95. The first-order valence-electron chi connectivity index (χ1n) is 7.46. The van der Waals surface area contributed by atoms with Crippen molar-refractivity contribution in [1.29, 1.82) is 0 Å². The second kappa shape index (κ2) is 5.95. The monoisotopic (exact) mass is 290 g/mol. The quantitative estimate of drug-likeness (QED) is 0.911. The van der Waals surface area contributed by atoms with Gasteiger partial charge in [-0.2, -0.15) is 0 Å². The van der Waals surface area contributed by atoms with Crippen LogP contribution in [0.1, 0.15) is 61.0 Å². The van der Waals surface area contributed by atoms with Crippen molar-refractivity contribution < 1.29 is 0 Å². The number of nitrogens with one attached hydrogen (secondary N) is 1. The molecule has 1 aliphatic rings. The van der Waals surface area contributed by atoms with Gasteiger partial charge in [-0.25, -0.2) is 9.97 Å². The third-order valence-corrected chi connectivity index (χ3v) is 5.09. The first-order chi connectivity index (χ1) is 9.74. The molecule has 0 spiro atoms.